The Morgan fingerprint density at radius 2 is 1.68 bits per heavy atom. The first kappa shape index (κ1) is 24.5. The number of hydrogen-bond acceptors (Lipinski definition) is 6. The van der Waals surface area contributed by atoms with Crippen LogP contribution in [0.4, 0.5) is 5.69 Å². The van der Waals surface area contributed by atoms with E-state index >= 15 is 0 Å². The highest BCUT2D eigenvalue weighted by Crippen LogP contribution is 2.33. The first-order valence-electron chi connectivity index (χ1n) is 9.45. The molecule has 28 heavy (non-hydrogen) atoms. The lowest BCUT2D eigenvalue weighted by atomic mass is 9.95. The lowest BCUT2D eigenvalue weighted by Gasteiger charge is -2.34. The summed E-state index contributed by atoms with van der Waals surface area (Å²) in [5.41, 5.74) is 0.497. The molecule has 160 valence electrons. The van der Waals surface area contributed by atoms with Gasteiger partial charge in [-0.15, -0.1) is 12.4 Å². The highest BCUT2D eigenvalue weighted by atomic mass is 35.5. The number of halogens is 1. The third-order valence-corrected chi connectivity index (χ3v) is 6.67. The van der Waals surface area contributed by atoms with Gasteiger partial charge in [-0.1, -0.05) is 13.8 Å². The molecule has 1 fully saturated rings. The molecule has 1 aromatic rings. The van der Waals surface area contributed by atoms with Crippen molar-refractivity contribution in [3.63, 3.8) is 0 Å². The van der Waals surface area contributed by atoms with Crippen LogP contribution in [0.1, 0.15) is 39.5 Å². The highest BCUT2D eigenvalue weighted by Gasteiger charge is 2.48. The molecule has 7 nitrogen and oxygen atoms in total. The van der Waals surface area contributed by atoms with Crippen molar-refractivity contribution < 1.29 is 22.7 Å². The average Bonchev–Trinajstić information content (AvgIpc) is 2.65. The standard InChI is InChI=1S/C19H30N2O5S.ClH/c1-4-12-25-16-7-6-15(14-17(16)26-13-5-2)21-18(22)19(27(3,23)24)8-10-20-11-9-19;/h6-7,14,20H,4-5,8-13H2,1-3H3,(H,21,22);1H. The normalized spacial score (nSPS) is 16.0. The Hall–Kier alpha value is -1.51. The number of carbonyl (C=O) groups is 1. The van der Waals surface area contributed by atoms with Crippen molar-refractivity contribution in [2.45, 2.75) is 44.3 Å². The first-order chi connectivity index (χ1) is 12.8. The minimum atomic E-state index is -3.56. The second-order valence-corrected chi connectivity index (χ2v) is 9.15. The molecule has 1 aromatic carbocycles. The Kier molecular flexibility index (Phi) is 9.53. The van der Waals surface area contributed by atoms with Crippen LogP contribution in [0.5, 0.6) is 11.5 Å². The number of amides is 1. The van der Waals surface area contributed by atoms with Crippen molar-refractivity contribution in [1.82, 2.24) is 5.32 Å². The minimum Gasteiger partial charge on any atom is -0.490 e. The summed E-state index contributed by atoms with van der Waals surface area (Å²) in [5, 5.41) is 5.89. The molecule has 0 unspecified atom stereocenters. The second-order valence-electron chi connectivity index (χ2n) is 6.83. The van der Waals surface area contributed by atoms with E-state index in [0.29, 0.717) is 43.5 Å². The van der Waals surface area contributed by atoms with Crippen LogP contribution >= 0.6 is 12.4 Å². The van der Waals surface area contributed by atoms with Gasteiger partial charge >= 0.3 is 0 Å². The van der Waals surface area contributed by atoms with Crippen molar-refractivity contribution in [1.29, 1.82) is 0 Å². The Morgan fingerprint density at radius 3 is 2.21 bits per heavy atom. The molecule has 1 amide bonds. The van der Waals surface area contributed by atoms with Gasteiger partial charge in [-0.25, -0.2) is 8.42 Å². The van der Waals surface area contributed by atoms with Crippen molar-refractivity contribution in [3.05, 3.63) is 18.2 Å². The fourth-order valence-corrected chi connectivity index (χ4v) is 4.42. The number of nitrogens with one attached hydrogen (secondary N) is 2. The van der Waals surface area contributed by atoms with Crippen LogP contribution in [0.25, 0.3) is 0 Å². The van der Waals surface area contributed by atoms with Crippen molar-refractivity contribution >= 4 is 33.8 Å². The molecule has 1 heterocycles. The Labute approximate surface area is 173 Å². The van der Waals surface area contributed by atoms with Crippen molar-refractivity contribution in [2.24, 2.45) is 0 Å². The van der Waals surface area contributed by atoms with Gasteiger partial charge < -0.3 is 20.1 Å². The monoisotopic (exact) mass is 434 g/mol. The molecule has 0 bridgehead atoms. The number of sulfone groups is 1. The van der Waals surface area contributed by atoms with Gasteiger partial charge in [-0.3, -0.25) is 4.79 Å². The van der Waals surface area contributed by atoms with E-state index in [9.17, 15) is 13.2 Å². The first-order valence-corrected chi connectivity index (χ1v) is 11.3. The molecule has 1 aliphatic rings. The molecule has 9 heteroatoms. The quantitative estimate of drug-likeness (QED) is 0.620. The maximum absolute atomic E-state index is 12.9. The molecule has 0 saturated carbocycles. The zero-order valence-corrected chi connectivity index (χ0v) is 18.4. The fraction of sp³-hybridized carbons (Fsp3) is 0.632. The number of ether oxygens (including phenoxy) is 2. The lowest BCUT2D eigenvalue weighted by Crippen LogP contribution is -2.55. The van der Waals surface area contributed by atoms with Crippen molar-refractivity contribution in [2.75, 3.05) is 37.9 Å². The van der Waals surface area contributed by atoms with Gasteiger partial charge in [0.2, 0.25) is 5.91 Å². The van der Waals surface area contributed by atoms with E-state index in [2.05, 4.69) is 10.6 Å². The molecule has 1 saturated heterocycles. The van der Waals surface area contributed by atoms with Gasteiger partial charge in [-0.2, -0.15) is 0 Å². The molecule has 2 rings (SSSR count). The molecular formula is C19H31ClN2O5S. The van der Waals surface area contributed by atoms with Crippen molar-refractivity contribution in [3.8, 4) is 11.5 Å². The van der Waals surface area contributed by atoms with Crippen LogP contribution in [-0.2, 0) is 14.6 Å². The molecule has 0 radical (unpaired) electrons. The molecule has 0 aliphatic carbocycles. The number of anilines is 1. The summed E-state index contributed by atoms with van der Waals surface area (Å²) < 4.78 is 34.8. The van der Waals surface area contributed by atoms with Gasteiger partial charge in [0.15, 0.2) is 26.1 Å². The SMILES string of the molecule is CCCOc1ccc(NC(=O)C2(S(C)(=O)=O)CCNCC2)cc1OCCC.Cl. The van der Waals surface area contributed by atoms with Gasteiger partial charge in [0.1, 0.15) is 0 Å². The Morgan fingerprint density at radius 1 is 1.11 bits per heavy atom. The van der Waals surface area contributed by atoms with Gasteiger partial charge in [-0.05, 0) is 50.9 Å². The smallest absolute Gasteiger partial charge is 0.245 e. The van der Waals surface area contributed by atoms with Crippen LogP contribution in [0.15, 0.2) is 18.2 Å². The van der Waals surface area contributed by atoms with E-state index in [1.54, 1.807) is 18.2 Å². The number of hydrogen-bond donors (Lipinski definition) is 2. The zero-order chi connectivity index (χ0) is 19.9. The third kappa shape index (κ3) is 5.75. The molecule has 0 aromatic heterocycles. The predicted octanol–water partition coefficient (Wildman–Crippen LogP) is 2.79. The minimum absolute atomic E-state index is 0. The zero-order valence-electron chi connectivity index (χ0n) is 16.7. The number of carbonyl (C=O) groups excluding carboxylic acids is 1. The maximum atomic E-state index is 12.9. The molecular weight excluding hydrogens is 404 g/mol. The van der Waals surface area contributed by atoms with E-state index in [1.807, 2.05) is 13.8 Å². The summed E-state index contributed by atoms with van der Waals surface area (Å²) in [7, 11) is -3.56. The molecule has 2 N–H and O–H groups in total. The number of rotatable bonds is 9. The van der Waals surface area contributed by atoms with E-state index in [4.69, 9.17) is 9.47 Å². The second kappa shape index (κ2) is 10.9. The predicted molar refractivity (Wildman–Crippen MR) is 114 cm³/mol. The summed E-state index contributed by atoms with van der Waals surface area (Å²) in [6, 6.07) is 5.14. The summed E-state index contributed by atoms with van der Waals surface area (Å²) in [4.78, 5) is 12.9. The summed E-state index contributed by atoms with van der Waals surface area (Å²) in [6.45, 7) is 6.11. The summed E-state index contributed by atoms with van der Waals surface area (Å²) in [6.07, 6.45) is 3.36. The lowest BCUT2D eigenvalue weighted by molar-refractivity contribution is -0.119. The maximum Gasteiger partial charge on any atom is 0.245 e. The van der Waals surface area contributed by atoms with E-state index in [-0.39, 0.29) is 25.2 Å². The van der Waals surface area contributed by atoms with Crippen LogP contribution < -0.4 is 20.1 Å². The average molecular weight is 435 g/mol. The Balaban J connectivity index is 0.00000392. The van der Waals surface area contributed by atoms with Crippen LogP contribution in [-0.4, -0.2) is 51.6 Å². The highest BCUT2D eigenvalue weighted by molar-refractivity contribution is 7.92. The third-order valence-electron chi connectivity index (χ3n) is 4.66. The van der Waals surface area contributed by atoms with E-state index < -0.39 is 20.5 Å². The van der Waals surface area contributed by atoms with Gasteiger partial charge in [0, 0.05) is 18.0 Å². The fourth-order valence-electron chi connectivity index (χ4n) is 3.08. The van der Waals surface area contributed by atoms with Gasteiger partial charge in [0.25, 0.3) is 0 Å². The van der Waals surface area contributed by atoms with Crippen LogP contribution in [0, 0.1) is 0 Å². The molecule has 0 spiro atoms. The summed E-state index contributed by atoms with van der Waals surface area (Å²) in [5.74, 6) is 0.667. The Bertz CT molecular complexity index is 749. The largest absolute Gasteiger partial charge is 0.490 e. The summed E-state index contributed by atoms with van der Waals surface area (Å²) >= 11 is 0. The van der Waals surface area contributed by atoms with Crippen LogP contribution in [0.3, 0.4) is 0 Å². The molecule has 0 atom stereocenters. The van der Waals surface area contributed by atoms with E-state index in [0.717, 1.165) is 19.1 Å². The van der Waals surface area contributed by atoms with Gasteiger partial charge in [0.05, 0.1) is 13.2 Å². The number of benzene rings is 1. The van der Waals surface area contributed by atoms with E-state index in [1.165, 1.54) is 0 Å². The number of piperidine rings is 1. The van der Waals surface area contributed by atoms with Crippen LogP contribution in [0.2, 0.25) is 0 Å². The molecule has 1 aliphatic heterocycles. The topological polar surface area (TPSA) is 93.7 Å².